The highest BCUT2D eigenvalue weighted by molar-refractivity contribution is 7.92. The van der Waals surface area contributed by atoms with Crippen molar-refractivity contribution in [2.75, 3.05) is 24.2 Å². The topological polar surface area (TPSA) is 96.0 Å². The van der Waals surface area contributed by atoms with Gasteiger partial charge in [-0.2, -0.15) is 0 Å². The average Bonchev–Trinajstić information content (AvgIpc) is 3.33. The molecule has 0 unspecified atom stereocenters. The number of ether oxygens (including phenoxy) is 1. The number of sulfonamides is 1. The zero-order valence-electron chi connectivity index (χ0n) is 20.2. The van der Waals surface area contributed by atoms with Crippen LogP contribution in [0, 0.1) is 5.82 Å². The fourth-order valence-electron chi connectivity index (χ4n) is 4.16. The van der Waals surface area contributed by atoms with Crippen LogP contribution in [0.3, 0.4) is 0 Å². The summed E-state index contributed by atoms with van der Waals surface area (Å²) in [5.41, 5.74) is 0.475. The highest BCUT2D eigenvalue weighted by Gasteiger charge is 2.31. The van der Waals surface area contributed by atoms with Crippen LogP contribution in [0.2, 0.25) is 0 Å². The lowest BCUT2D eigenvalue weighted by Gasteiger charge is -2.32. The van der Waals surface area contributed by atoms with Crippen molar-refractivity contribution in [2.45, 2.75) is 51.2 Å². The predicted molar refractivity (Wildman–Crippen MR) is 132 cm³/mol. The molecule has 1 atom stereocenters. The second-order valence-electron chi connectivity index (χ2n) is 8.75. The fourth-order valence-corrected chi connectivity index (χ4v) is 5.01. The van der Waals surface area contributed by atoms with Crippen molar-refractivity contribution in [3.8, 4) is 5.75 Å². The summed E-state index contributed by atoms with van der Waals surface area (Å²) in [4.78, 5) is 27.7. The Balaban J connectivity index is 1.90. The smallest absolute Gasteiger partial charge is 0.244 e. The van der Waals surface area contributed by atoms with Crippen LogP contribution in [0.15, 0.2) is 48.5 Å². The lowest BCUT2D eigenvalue weighted by atomic mass is 10.1. The first-order valence-electron chi connectivity index (χ1n) is 11.5. The number of anilines is 1. The molecule has 3 rings (SSSR count). The van der Waals surface area contributed by atoms with Gasteiger partial charge >= 0.3 is 0 Å². The molecule has 2 aromatic rings. The highest BCUT2D eigenvalue weighted by Crippen LogP contribution is 2.24. The van der Waals surface area contributed by atoms with Gasteiger partial charge in [-0.3, -0.25) is 13.9 Å². The molecule has 0 radical (unpaired) electrons. The first-order chi connectivity index (χ1) is 16.6. The van der Waals surface area contributed by atoms with Crippen molar-refractivity contribution in [1.29, 1.82) is 0 Å². The van der Waals surface area contributed by atoms with E-state index in [1.54, 1.807) is 31.2 Å². The van der Waals surface area contributed by atoms with E-state index in [4.69, 9.17) is 4.74 Å². The molecule has 0 saturated heterocycles. The van der Waals surface area contributed by atoms with E-state index in [1.165, 1.54) is 36.3 Å². The quantitative estimate of drug-likeness (QED) is 0.535. The molecule has 0 heterocycles. The lowest BCUT2D eigenvalue weighted by Crippen LogP contribution is -2.52. The molecular weight excluding hydrogens is 473 g/mol. The second-order valence-corrected chi connectivity index (χ2v) is 10.7. The maximum Gasteiger partial charge on any atom is 0.244 e. The van der Waals surface area contributed by atoms with E-state index in [-0.39, 0.29) is 29.7 Å². The van der Waals surface area contributed by atoms with Crippen LogP contribution < -0.4 is 14.4 Å². The summed E-state index contributed by atoms with van der Waals surface area (Å²) in [6, 6.07) is 11.4. The molecule has 2 aromatic carbocycles. The van der Waals surface area contributed by atoms with Gasteiger partial charge in [0.15, 0.2) is 0 Å². The number of hydrogen-bond acceptors (Lipinski definition) is 5. The Bertz CT molecular complexity index is 1150. The zero-order chi connectivity index (χ0) is 25.6. The standard InChI is InChI=1S/C25H32FN3O5S/c1-18(25(31)27-20-10-5-6-11-20)28(16-19-9-4-7-14-23(19)26)24(30)17-29(35(3,32)33)21-12-8-13-22(15-21)34-2/h4,7-9,12-15,18,20H,5-6,10-11,16-17H2,1-3H3,(H,27,31)/t18-/m1/s1. The van der Waals surface area contributed by atoms with Crippen LogP contribution in [0.25, 0.3) is 0 Å². The second kappa shape index (κ2) is 11.5. The largest absolute Gasteiger partial charge is 0.497 e. The van der Waals surface area contributed by atoms with Crippen molar-refractivity contribution in [3.63, 3.8) is 0 Å². The molecule has 0 aliphatic heterocycles. The molecule has 1 aliphatic rings. The van der Waals surface area contributed by atoms with E-state index < -0.39 is 34.3 Å². The van der Waals surface area contributed by atoms with E-state index in [0.717, 1.165) is 36.2 Å². The van der Waals surface area contributed by atoms with Gasteiger partial charge in [-0.15, -0.1) is 0 Å². The molecule has 1 aliphatic carbocycles. The van der Waals surface area contributed by atoms with Gasteiger partial charge < -0.3 is 15.0 Å². The lowest BCUT2D eigenvalue weighted by molar-refractivity contribution is -0.139. The third-order valence-electron chi connectivity index (χ3n) is 6.19. The van der Waals surface area contributed by atoms with Gasteiger partial charge in [-0.1, -0.05) is 37.1 Å². The molecule has 1 N–H and O–H groups in total. The molecule has 0 bridgehead atoms. The summed E-state index contributed by atoms with van der Waals surface area (Å²) in [5, 5.41) is 2.97. The highest BCUT2D eigenvalue weighted by atomic mass is 32.2. The number of halogens is 1. The van der Waals surface area contributed by atoms with Crippen molar-refractivity contribution < 1.29 is 27.1 Å². The molecular formula is C25H32FN3O5S. The SMILES string of the molecule is COc1cccc(N(CC(=O)N(Cc2ccccc2F)[C@H](C)C(=O)NC2CCCC2)S(C)(=O)=O)c1. The molecule has 0 aromatic heterocycles. The summed E-state index contributed by atoms with van der Waals surface area (Å²) in [6.45, 7) is 0.835. The third kappa shape index (κ3) is 6.94. The Hall–Kier alpha value is -3.14. The summed E-state index contributed by atoms with van der Waals surface area (Å²) in [6.07, 6.45) is 4.80. The molecule has 190 valence electrons. The molecule has 0 spiro atoms. The number of hydrogen-bond donors (Lipinski definition) is 1. The molecule has 8 nitrogen and oxygen atoms in total. The number of nitrogens with zero attached hydrogens (tertiary/aromatic N) is 2. The van der Waals surface area contributed by atoms with Gasteiger partial charge in [0.1, 0.15) is 24.2 Å². The molecule has 1 saturated carbocycles. The Morgan fingerprint density at radius 1 is 1.14 bits per heavy atom. The van der Waals surface area contributed by atoms with Crippen molar-refractivity contribution >= 4 is 27.5 Å². The number of carbonyl (C=O) groups is 2. The minimum Gasteiger partial charge on any atom is -0.497 e. The summed E-state index contributed by atoms with van der Waals surface area (Å²) in [5.74, 6) is -1.07. The number of benzene rings is 2. The van der Waals surface area contributed by atoms with Gasteiger partial charge in [0, 0.05) is 24.2 Å². The first-order valence-corrected chi connectivity index (χ1v) is 13.4. The zero-order valence-corrected chi connectivity index (χ0v) is 21.1. The van der Waals surface area contributed by atoms with Crippen molar-refractivity contribution in [3.05, 3.63) is 59.9 Å². The Morgan fingerprint density at radius 3 is 2.46 bits per heavy atom. The minimum absolute atomic E-state index is 0.0414. The van der Waals surface area contributed by atoms with Crippen molar-refractivity contribution in [1.82, 2.24) is 10.2 Å². The van der Waals surface area contributed by atoms with E-state index >= 15 is 0 Å². The maximum atomic E-state index is 14.4. The van der Waals surface area contributed by atoms with Gasteiger partial charge in [0.05, 0.1) is 19.1 Å². The van der Waals surface area contributed by atoms with E-state index in [9.17, 15) is 22.4 Å². The molecule has 35 heavy (non-hydrogen) atoms. The number of amides is 2. The summed E-state index contributed by atoms with van der Waals surface area (Å²) in [7, 11) is -2.41. The van der Waals surface area contributed by atoms with Crippen molar-refractivity contribution in [2.24, 2.45) is 0 Å². The Kier molecular flexibility index (Phi) is 8.71. The normalized spacial score (nSPS) is 14.9. The van der Waals surface area contributed by atoms with E-state index in [1.807, 2.05) is 0 Å². The van der Waals surface area contributed by atoms with Crippen LogP contribution in [-0.4, -0.2) is 57.1 Å². The van der Waals surface area contributed by atoms with Gasteiger partial charge in [0.2, 0.25) is 21.8 Å². The number of rotatable bonds is 10. The fraction of sp³-hybridized carbons (Fsp3) is 0.440. The maximum absolute atomic E-state index is 14.4. The number of nitrogens with one attached hydrogen (secondary N) is 1. The van der Waals surface area contributed by atoms with Crippen LogP contribution >= 0.6 is 0 Å². The monoisotopic (exact) mass is 505 g/mol. The molecule has 1 fully saturated rings. The number of carbonyl (C=O) groups excluding carboxylic acids is 2. The Labute approximate surface area is 206 Å². The average molecular weight is 506 g/mol. The van der Waals surface area contributed by atoms with Crippen LogP contribution in [0.1, 0.15) is 38.2 Å². The van der Waals surface area contributed by atoms with Gasteiger partial charge in [-0.25, -0.2) is 12.8 Å². The summed E-state index contributed by atoms with van der Waals surface area (Å²) >= 11 is 0. The van der Waals surface area contributed by atoms with E-state index in [0.29, 0.717) is 5.75 Å². The third-order valence-corrected chi connectivity index (χ3v) is 7.33. The summed E-state index contributed by atoms with van der Waals surface area (Å²) < 4.78 is 45.8. The van der Waals surface area contributed by atoms with Crippen LogP contribution in [-0.2, 0) is 26.2 Å². The van der Waals surface area contributed by atoms with Gasteiger partial charge in [-0.05, 0) is 38.0 Å². The minimum atomic E-state index is -3.86. The first kappa shape index (κ1) is 26.5. The molecule has 10 heteroatoms. The van der Waals surface area contributed by atoms with Crippen LogP contribution in [0.4, 0.5) is 10.1 Å². The Morgan fingerprint density at radius 2 is 1.83 bits per heavy atom. The van der Waals surface area contributed by atoms with Crippen LogP contribution in [0.5, 0.6) is 5.75 Å². The van der Waals surface area contributed by atoms with E-state index in [2.05, 4.69) is 5.32 Å². The number of methoxy groups -OCH3 is 1. The molecule has 2 amide bonds. The predicted octanol–water partition coefficient (Wildman–Crippen LogP) is 3.08. The van der Waals surface area contributed by atoms with Gasteiger partial charge in [0.25, 0.3) is 0 Å².